The summed E-state index contributed by atoms with van der Waals surface area (Å²) in [5.74, 6) is -0.175. The minimum absolute atomic E-state index is 0.175. The van der Waals surface area contributed by atoms with E-state index in [9.17, 15) is 4.79 Å². The van der Waals surface area contributed by atoms with E-state index in [0.717, 1.165) is 11.3 Å². The van der Waals surface area contributed by atoms with Gasteiger partial charge in [0.2, 0.25) is 5.91 Å². The smallest absolute Gasteiger partial charge is 0.241 e. The van der Waals surface area contributed by atoms with Gasteiger partial charge >= 0.3 is 0 Å². The number of hydrogen-bond donors (Lipinski definition) is 2. The predicted octanol–water partition coefficient (Wildman–Crippen LogP) is 2.14. The molecular formula is C14H22N2O2. The number of hydrogen-bond acceptors (Lipinski definition) is 3. The molecular weight excluding hydrogens is 228 g/mol. The van der Waals surface area contributed by atoms with Crippen molar-refractivity contribution in [2.24, 2.45) is 11.1 Å². The van der Waals surface area contributed by atoms with Crippen molar-refractivity contribution in [3.63, 3.8) is 0 Å². The van der Waals surface area contributed by atoms with E-state index in [0.29, 0.717) is 6.61 Å². The fourth-order valence-corrected chi connectivity index (χ4v) is 1.53. The van der Waals surface area contributed by atoms with Crippen molar-refractivity contribution in [3.05, 3.63) is 29.8 Å². The largest absolute Gasteiger partial charge is 0.380 e. The third-order valence-electron chi connectivity index (χ3n) is 2.79. The standard InChI is InChI=1S/C14H22N2O2/c1-14(2,3)12(15)13(17)16-11-8-6-5-7-10(11)9-18-4/h5-8,12H,9,15H2,1-4H3,(H,16,17)/t12-/m0/s1. The van der Waals surface area contributed by atoms with Crippen LogP contribution in [-0.2, 0) is 16.1 Å². The molecule has 1 atom stereocenters. The first-order valence-corrected chi connectivity index (χ1v) is 5.99. The van der Waals surface area contributed by atoms with Gasteiger partial charge in [-0.1, -0.05) is 39.0 Å². The second-order valence-electron chi connectivity index (χ2n) is 5.42. The third-order valence-corrected chi connectivity index (χ3v) is 2.79. The van der Waals surface area contributed by atoms with Crippen LogP contribution in [0.4, 0.5) is 5.69 Å². The van der Waals surface area contributed by atoms with Gasteiger partial charge in [0.15, 0.2) is 0 Å². The molecule has 3 N–H and O–H groups in total. The van der Waals surface area contributed by atoms with E-state index in [1.807, 2.05) is 45.0 Å². The lowest BCUT2D eigenvalue weighted by molar-refractivity contribution is -0.119. The van der Waals surface area contributed by atoms with Gasteiger partial charge in [0.25, 0.3) is 0 Å². The molecule has 0 bridgehead atoms. The summed E-state index contributed by atoms with van der Waals surface area (Å²) in [6, 6.07) is 7.00. The van der Waals surface area contributed by atoms with Crippen molar-refractivity contribution in [1.82, 2.24) is 0 Å². The van der Waals surface area contributed by atoms with Crippen LogP contribution in [0.1, 0.15) is 26.3 Å². The molecule has 1 aromatic rings. The van der Waals surface area contributed by atoms with Crippen molar-refractivity contribution in [3.8, 4) is 0 Å². The molecule has 18 heavy (non-hydrogen) atoms. The normalized spacial score (nSPS) is 13.2. The Kier molecular flexibility index (Phi) is 4.87. The number of rotatable bonds is 4. The van der Waals surface area contributed by atoms with Crippen LogP contribution in [0.15, 0.2) is 24.3 Å². The summed E-state index contributed by atoms with van der Waals surface area (Å²) in [5, 5.41) is 2.86. The molecule has 0 unspecified atom stereocenters. The average molecular weight is 250 g/mol. The molecule has 1 rings (SSSR count). The topological polar surface area (TPSA) is 64.3 Å². The zero-order valence-electron chi connectivity index (χ0n) is 11.5. The van der Waals surface area contributed by atoms with Gasteiger partial charge in [-0.2, -0.15) is 0 Å². The summed E-state index contributed by atoms with van der Waals surface area (Å²) >= 11 is 0. The summed E-state index contributed by atoms with van der Waals surface area (Å²) in [7, 11) is 1.62. The maximum Gasteiger partial charge on any atom is 0.241 e. The van der Waals surface area contributed by atoms with Crippen molar-refractivity contribution in [2.75, 3.05) is 12.4 Å². The highest BCUT2D eigenvalue weighted by Crippen LogP contribution is 2.21. The lowest BCUT2D eigenvalue weighted by atomic mass is 9.87. The van der Waals surface area contributed by atoms with Crippen LogP contribution >= 0.6 is 0 Å². The van der Waals surface area contributed by atoms with Gasteiger partial charge in [0, 0.05) is 18.4 Å². The van der Waals surface area contributed by atoms with Crippen molar-refractivity contribution < 1.29 is 9.53 Å². The maximum atomic E-state index is 12.0. The third kappa shape index (κ3) is 3.82. The number of anilines is 1. The first kappa shape index (κ1) is 14.7. The Hall–Kier alpha value is -1.39. The van der Waals surface area contributed by atoms with E-state index < -0.39 is 6.04 Å². The molecule has 1 aromatic carbocycles. The summed E-state index contributed by atoms with van der Waals surface area (Å²) in [4.78, 5) is 12.0. The first-order chi connectivity index (χ1) is 8.36. The highest BCUT2D eigenvalue weighted by Gasteiger charge is 2.27. The van der Waals surface area contributed by atoms with E-state index in [1.54, 1.807) is 7.11 Å². The van der Waals surface area contributed by atoms with Crippen LogP contribution in [-0.4, -0.2) is 19.1 Å². The Morgan fingerprint density at radius 3 is 2.56 bits per heavy atom. The van der Waals surface area contributed by atoms with Gasteiger partial charge in [-0.15, -0.1) is 0 Å². The average Bonchev–Trinajstić information content (AvgIpc) is 2.29. The highest BCUT2D eigenvalue weighted by molar-refractivity contribution is 5.95. The van der Waals surface area contributed by atoms with Gasteiger partial charge in [-0.25, -0.2) is 0 Å². The quantitative estimate of drug-likeness (QED) is 0.860. The molecule has 0 aromatic heterocycles. The molecule has 4 heteroatoms. The number of para-hydroxylation sites is 1. The molecule has 0 aliphatic heterocycles. The number of ether oxygens (including phenoxy) is 1. The van der Waals surface area contributed by atoms with Gasteiger partial charge in [0.05, 0.1) is 12.6 Å². The van der Waals surface area contributed by atoms with Crippen LogP contribution < -0.4 is 11.1 Å². The van der Waals surface area contributed by atoms with E-state index >= 15 is 0 Å². The van der Waals surface area contributed by atoms with Gasteiger partial charge < -0.3 is 15.8 Å². The molecule has 0 heterocycles. The molecule has 4 nitrogen and oxygen atoms in total. The Bertz CT molecular complexity index is 411. The predicted molar refractivity (Wildman–Crippen MR) is 73.2 cm³/mol. The number of nitrogens with one attached hydrogen (secondary N) is 1. The van der Waals surface area contributed by atoms with Crippen molar-refractivity contribution in [1.29, 1.82) is 0 Å². The fraction of sp³-hybridized carbons (Fsp3) is 0.500. The lowest BCUT2D eigenvalue weighted by Gasteiger charge is -2.26. The van der Waals surface area contributed by atoms with Crippen LogP contribution in [0.3, 0.4) is 0 Å². The molecule has 0 radical (unpaired) electrons. The molecule has 0 spiro atoms. The minimum Gasteiger partial charge on any atom is -0.380 e. The molecule has 0 saturated heterocycles. The number of nitrogens with two attached hydrogens (primary N) is 1. The van der Waals surface area contributed by atoms with Crippen molar-refractivity contribution in [2.45, 2.75) is 33.4 Å². The second kappa shape index (κ2) is 5.98. The van der Waals surface area contributed by atoms with Gasteiger partial charge in [0.1, 0.15) is 0 Å². The van der Waals surface area contributed by atoms with E-state index in [4.69, 9.17) is 10.5 Å². The fourth-order valence-electron chi connectivity index (χ4n) is 1.53. The number of amides is 1. The second-order valence-corrected chi connectivity index (χ2v) is 5.42. The molecule has 0 fully saturated rings. The summed E-state index contributed by atoms with van der Waals surface area (Å²) < 4.78 is 5.10. The summed E-state index contributed by atoms with van der Waals surface area (Å²) in [6.45, 7) is 6.29. The Balaban J connectivity index is 2.82. The Labute approximate surface area is 109 Å². The number of benzene rings is 1. The number of methoxy groups -OCH3 is 1. The van der Waals surface area contributed by atoms with Crippen LogP contribution in [0, 0.1) is 5.41 Å². The molecule has 1 amide bonds. The monoisotopic (exact) mass is 250 g/mol. The zero-order chi connectivity index (χ0) is 13.8. The van der Waals surface area contributed by atoms with E-state index in [2.05, 4.69) is 5.32 Å². The Morgan fingerprint density at radius 2 is 2.00 bits per heavy atom. The highest BCUT2D eigenvalue weighted by atomic mass is 16.5. The first-order valence-electron chi connectivity index (χ1n) is 5.99. The minimum atomic E-state index is -0.548. The van der Waals surface area contributed by atoms with Gasteiger partial charge in [-0.3, -0.25) is 4.79 Å². The molecule has 100 valence electrons. The zero-order valence-corrected chi connectivity index (χ0v) is 11.5. The summed E-state index contributed by atoms with van der Waals surface area (Å²) in [6.07, 6.45) is 0. The number of carbonyl (C=O) groups is 1. The van der Waals surface area contributed by atoms with E-state index in [-0.39, 0.29) is 11.3 Å². The van der Waals surface area contributed by atoms with E-state index in [1.165, 1.54) is 0 Å². The number of carbonyl (C=O) groups excluding carboxylic acids is 1. The Morgan fingerprint density at radius 1 is 1.39 bits per heavy atom. The molecule has 0 aliphatic carbocycles. The van der Waals surface area contributed by atoms with Crippen LogP contribution in [0.5, 0.6) is 0 Å². The SMILES string of the molecule is COCc1ccccc1NC(=O)[C@H](N)C(C)(C)C. The van der Waals surface area contributed by atoms with Gasteiger partial charge in [-0.05, 0) is 11.5 Å². The van der Waals surface area contributed by atoms with Crippen LogP contribution in [0.25, 0.3) is 0 Å². The lowest BCUT2D eigenvalue weighted by Crippen LogP contribution is -2.45. The van der Waals surface area contributed by atoms with Crippen molar-refractivity contribution >= 4 is 11.6 Å². The molecule has 0 saturated carbocycles. The summed E-state index contributed by atoms with van der Waals surface area (Å²) in [5.41, 5.74) is 7.35. The van der Waals surface area contributed by atoms with Crippen LogP contribution in [0.2, 0.25) is 0 Å². The maximum absolute atomic E-state index is 12.0. The molecule has 0 aliphatic rings.